The SMILES string of the molecule is CCC(N[C]=O)NCC(C)(C)C. The van der Waals surface area contributed by atoms with Gasteiger partial charge in [-0.15, -0.1) is 0 Å². The van der Waals surface area contributed by atoms with Gasteiger partial charge in [0.2, 0.25) is 0 Å². The van der Waals surface area contributed by atoms with Gasteiger partial charge in [0.1, 0.15) is 0 Å². The summed E-state index contributed by atoms with van der Waals surface area (Å²) in [5, 5.41) is 5.82. The summed E-state index contributed by atoms with van der Waals surface area (Å²) in [6.45, 7) is 9.36. The van der Waals surface area contributed by atoms with Crippen LogP contribution in [0.2, 0.25) is 0 Å². The van der Waals surface area contributed by atoms with E-state index in [0.717, 1.165) is 13.0 Å². The van der Waals surface area contributed by atoms with Crippen molar-refractivity contribution in [3.05, 3.63) is 0 Å². The molecule has 0 aliphatic carbocycles. The van der Waals surface area contributed by atoms with Crippen LogP contribution in [-0.2, 0) is 4.79 Å². The minimum atomic E-state index is 0.0572. The van der Waals surface area contributed by atoms with Crippen molar-refractivity contribution >= 4 is 6.41 Å². The molecule has 12 heavy (non-hydrogen) atoms. The van der Waals surface area contributed by atoms with Gasteiger partial charge in [0.25, 0.3) is 0 Å². The number of rotatable bonds is 5. The van der Waals surface area contributed by atoms with E-state index < -0.39 is 0 Å². The van der Waals surface area contributed by atoms with Crippen molar-refractivity contribution in [2.75, 3.05) is 6.54 Å². The first-order chi connectivity index (χ1) is 5.49. The Hall–Kier alpha value is -0.570. The normalized spacial score (nSPS) is 14.0. The summed E-state index contributed by atoms with van der Waals surface area (Å²) >= 11 is 0. The molecule has 1 amide bonds. The second kappa shape index (κ2) is 5.14. The van der Waals surface area contributed by atoms with E-state index in [1.165, 1.54) is 0 Å². The third-order valence-electron chi connectivity index (χ3n) is 1.52. The molecule has 0 aliphatic heterocycles. The van der Waals surface area contributed by atoms with E-state index in [2.05, 4.69) is 31.4 Å². The molecule has 0 spiro atoms. The van der Waals surface area contributed by atoms with Crippen LogP contribution in [0.15, 0.2) is 0 Å². The summed E-state index contributed by atoms with van der Waals surface area (Å²) in [5.74, 6) is 0. The summed E-state index contributed by atoms with van der Waals surface area (Å²) in [5.41, 5.74) is 0.248. The molecule has 0 aromatic heterocycles. The fourth-order valence-corrected chi connectivity index (χ4v) is 0.798. The Kier molecular flexibility index (Phi) is 4.90. The molecule has 2 N–H and O–H groups in total. The molecule has 3 heteroatoms. The van der Waals surface area contributed by atoms with Crippen molar-refractivity contribution in [2.45, 2.75) is 40.3 Å². The molecule has 0 aliphatic rings. The summed E-state index contributed by atoms with van der Waals surface area (Å²) in [6, 6.07) is 0. The van der Waals surface area contributed by atoms with Gasteiger partial charge in [-0.1, -0.05) is 27.7 Å². The zero-order valence-corrected chi connectivity index (χ0v) is 8.40. The molecule has 0 rings (SSSR count). The van der Waals surface area contributed by atoms with Gasteiger partial charge < -0.3 is 5.32 Å². The number of nitrogens with one attached hydrogen (secondary N) is 2. The van der Waals surface area contributed by atoms with Gasteiger partial charge in [-0.05, 0) is 11.8 Å². The van der Waals surface area contributed by atoms with Crippen molar-refractivity contribution in [1.82, 2.24) is 10.6 Å². The molecule has 3 nitrogen and oxygen atoms in total. The molecule has 71 valence electrons. The van der Waals surface area contributed by atoms with Crippen LogP contribution in [-0.4, -0.2) is 19.1 Å². The predicted octanol–water partition coefficient (Wildman–Crippen LogP) is 1.01. The van der Waals surface area contributed by atoms with Crippen molar-refractivity contribution in [3.8, 4) is 0 Å². The highest BCUT2D eigenvalue weighted by Gasteiger charge is 2.12. The smallest absolute Gasteiger partial charge is 0.310 e. The molecule has 1 radical (unpaired) electrons. The second-order valence-electron chi connectivity index (χ2n) is 4.15. The first-order valence-corrected chi connectivity index (χ1v) is 4.35. The highest BCUT2D eigenvalue weighted by molar-refractivity contribution is 5.47. The van der Waals surface area contributed by atoms with Crippen LogP contribution in [0.3, 0.4) is 0 Å². The van der Waals surface area contributed by atoms with Gasteiger partial charge in [0.05, 0.1) is 6.17 Å². The minimum absolute atomic E-state index is 0.0572. The highest BCUT2D eigenvalue weighted by atomic mass is 16.1. The lowest BCUT2D eigenvalue weighted by Crippen LogP contribution is -2.44. The van der Waals surface area contributed by atoms with Gasteiger partial charge >= 0.3 is 6.41 Å². The van der Waals surface area contributed by atoms with Gasteiger partial charge in [0.15, 0.2) is 0 Å². The Bertz CT molecular complexity index is 129. The fourth-order valence-electron chi connectivity index (χ4n) is 0.798. The van der Waals surface area contributed by atoms with Crippen LogP contribution in [0.5, 0.6) is 0 Å². The average Bonchev–Trinajstić information content (AvgIpc) is 1.96. The molecule has 0 fully saturated rings. The van der Waals surface area contributed by atoms with Crippen molar-refractivity contribution < 1.29 is 4.79 Å². The second-order valence-corrected chi connectivity index (χ2v) is 4.15. The molecule has 0 aromatic carbocycles. The van der Waals surface area contributed by atoms with Gasteiger partial charge in [-0.3, -0.25) is 10.1 Å². The monoisotopic (exact) mass is 171 g/mol. The van der Waals surface area contributed by atoms with Crippen LogP contribution >= 0.6 is 0 Å². The lowest BCUT2D eigenvalue weighted by Gasteiger charge is -2.23. The Labute approximate surface area is 74.9 Å². The van der Waals surface area contributed by atoms with Crippen molar-refractivity contribution in [2.24, 2.45) is 5.41 Å². The van der Waals surface area contributed by atoms with Gasteiger partial charge in [-0.2, -0.15) is 0 Å². The maximum atomic E-state index is 10.0. The van der Waals surface area contributed by atoms with E-state index >= 15 is 0 Å². The Balaban J connectivity index is 3.64. The van der Waals surface area contributed by atoms with Gasteiger partial charge in [0, 0.05) is 6.54 Å². The van der Waals surface area contributed by atoms with E-state index in [1.807, 2.05) is 6.92 Å². The molecule has 0 saturated heterocycles. The fraction of sp³-hybridized carbons (Fsp3) is 0.889. The molecule has 1 atom stereocenters. The number of amides is 1. The first-order valence-electron chi connectivity index (χ1n) is 4.35. The van der Waals surface area contributed by atoms with E-state index in [4.69, 9.17) is 0 Å². The van der Waals surface area contributed by atoms with Crippen LogP contribution in [0.25, 0.3) is 0 Å². The van der Waals surface area contributed by atoms with Gasteiger partial charge in [-0.25, -0.2) is 0 Å². The van der Waals surface area contributed by atoms with E-state index in [-0.39, 0.29) is 11.6 Å². The van der Waals surface area contributed by atoms with Crippen LogP contribution < -0.4 is 10.6 Å². The van der Waals surface area contributed by atoms with Crippen molar-refractivity contribution in [3.63, 3.8) is 0 Å². The highest BCUT2D eigenvalue weighted by Crippen LogP contribution is 2.10. The maximum absolute atomic E-state index is 10.0. The largest absolute Gasteiger partial charge is 0.333 e. The maximum Gasteiger partial charge on any atom is 0.310 e. The zero-order chi connectivity index (χ0) is 9.61. The third-order valence-corrected chi connectivity index (χ3v) is 1.52. The number of hydrogen-bond acceptors (Lipinski definition) is 2. The van der Waals surface area contributed by atoms with Crippen LogP contribution in [0, 0.1) is 5.41 Å². The lowest BCUT2D eigenvalue weighted by atomic mass is 9.97. The summed E-state index contributed by atoms with van der Waals surface area (Å²) in [6.07, 6.45) is 2.63. The third kappa shape index (κ3) is 6.16. The Morgan fingerprint density at radius 2 is 2.00 bits per heavy atom. The topological polar surface area (TPSA) is 41.1 Å². The van der Waals surface area contributed by atoms with Crippen molar-refractivity contribution in [1.29, 1.82) is 0 Å². The Morgan fingerprint density at radius 1 is 1.42 bits per heavy atom. The quantitative estimate of drug-likeness (QED) is 0.479. The molecule has 0 heterocycles. The molecule has 0 aromatic rings. The lowest BCUT2D eigenvalue weighted by molar-refractivity contribution is 0.335. The average molecular weight is 171 g/mol. The molecule has 1 unspecified atom stereocenters. The zero-order valence-electron chi connectivity index (χ0n) is 8.40. The van der Waals surface area contributed by atoms with E-state index in [1.54, 1.807) is 6.41 Å². The summed E-state index contributed by atoms with van der Waals surface area (Å²) in [4.78, 5) is 10.0. The molecule has 0 bridgehead atoms. The molecular weight excluding hydrogens is 152 g/mol. The minimum Gasteiger partial charge on any atom is -0.333 e. The Morgan fingerprint density at radius 3 is 2.33 bits per heavy atom. The van der Waals surface area contributed by atoms with E-state index in [0.29, 0.717) is 0 Å². The summed E-state index contributed by atoms with van der Waals surface area (Å²) < 4.78 is 0. The molecular formula is C9H19N2O. The van der Waals surface area contributed by atoms with E-state index in [9.17, 15) is 4.79 Å². The first kappa shape index (κ1) is 11.4. The molecule has 0 saturated carbocycles. The number of hydrogen-bond donors (Lipinski definition) is 2. The summed E-state index contributed by atoms with van der Waals surface area (Å²) in [7, 11) is 0. The number of carbonyl (C=O) groups excluding carboxylic acids is 1. The van der Waals surface area contributed by atoms with Crippen LogP contribution in [0.1, 0.15) is 34.1 Å². The standard InChI is InChI=1S/C9H19N2O/c1-5-8(11-7-12)10-6-9(2,3)4/h8,10H,5-6H2,1-4H3,(H,11,12). The predicted molar refractivity (Wildman–Crippen MR) is 50.4 cm³/mol. The van der Waals surface area contributed by atoms with Crippen LogP contribution in [0.4, 0.5) is 0 Å².